The summed E-state index contributed by atoms with van der Waals surface area (Å²) >= 11 is 3.41. The highest BCUT2D eigenvalue weighted by Crippen LogP contribution is 2.32. The van der Waals surface area contributed by atoms with E-state index in [0.717, 1.165) is 15.8 Å². The Kier molecular flexibility index (Phi) is 3.86. The maximum absolute atomic E-state index is 6.19. The minimum absolute atomic E-state index is 0.331. The Morgan fingerprint density at radius 2 is 2.12 bits per heavy atom. The van der Waals surface area contributed by atoms with Crippen molar-refractivity contribution in [2.75, 3.05) is 6.61 Å². The quantitative estimate of drug-likeness (QED) is 0.939. The second kappa shape index (κ2) is 5.38. The van der Waals surface area contributed by atoms with E-state index in [9.17, 15) is 0 Å². The monoisotopic (exact) mass is 295 g/mol. The SMILES string of the molecule is CCOc1ccccc1C(N)c1occc1Br. The first-order chi connectivity index (χ1) is 8.24. The van der Waals surface area contributed by atoms with E-state index in [-0.39, 0.29) is 6.04 Å². The minimum Gasteiger partial charge on any atom is -0.494 e. The van der Waals surface area contributed by atoms with Crippen LogP contribution in [0.2, 0.25) is 0 Å². The van der Waals surface area contributed by atoms with Crippen LogP contribution in [0.15, 0.2) is 45.5 Å². The van der Waals surface area contributed by atoms with Gasteiger partial charge in [0.1, 0.15) is 11.5 Å². The standard InChI is InChI=1S/C13H14BrNO2/c1-2-16-11-6-4-3-5-9(11)12(15)13-10(14)7-8-17-13/h3-8,12H,2,15H2,1H3. The van der Waals surface area contributed by atoms with Crippen molar-refractivity contribution < 1.29 is 9.15 Å². The fourth-order valence-corrected chi connectivity index (χ4v) is 2.14. The van der Waals surface area contributed by atoms with E-state index in [2.05, 4.69) is 15.9 Å². The molecule has 0 aliphatic heterocycles. The maximum atomic E-state index is 6.19. The van der Waals surface area contributed by atoms with Crippen LogP contribution < -0.4 is 10.5 Å². The lowest BCUT2D eigenvalue weighted by Gasteiger charge is -2.15. The molecule has 90 valence electrons. The van der Waals surface area contributed by atoms with Gasteiger partial charge >= 0.3 is 0 Å². The summed E-state index contributed by atoms with van der Waals surface area (Å²) in [6.07, 6.45) is 1.61. The van der Waals surface area contributed by atoms with Crippen molar-refractivity contribution in [3.05, 3.63) is 52.4 Å². The van der Waals surface area contributed by atoms with E-state index in [0.29, 0.717) is 12.4 Å². The van der Waals surface area contributed by atoms with E-state index < -0.39 is 0 Å². The van der Waals surface area contributed by atoms with E-state index in [1.54, 1.807) is 6.26 Å². The number of hydrogen-bond donors (Lipinski definition) is 1. The molecule has 0 saturated carbocycles. The number of hydrogen-bond acceptors (Lipinski definition) is 3. The van der Waals surface area contributed by atoms with Gasteiger partial charge in [0.25, 0.3) is 0 Å². The van der Waals surface area contributed by atoms with Crippen molar-refractivity contribution in [2.24, 2.45) is 5.73 Å². The molecule has 0 bridgehead atoms. The largest absolute Gasteiger partial charge is 0.494 e. The fraction of sp³-hybridized carbons (Fsp3) is 0.231. The Hall–Kier alpha value is -1.26. The zero-order valence-corrected chi connectivity index (χ0v) is 11.1. The number of benzene rings is 1. The molecule has 17 heavy (non-hydrogen) atoms. The molecule has 2 rings (SSSR count). The Bertz CT molecular complexity index is 496. The molecule has 0 fully saturated rings. The molecule has 0 amide bonds. The lowest BCUT2D eigenvalue weighted by atomic mass is 10.0. The Morgan fingerprint density at radius 3 is 2.76 bits per heavy atom. The van der Waals surface area contributed by atoms with Gasteiger partial charge in [-0.15, -0.1) is 0 Å². The lowest BCUT2D eigenvalue weighted by Crippen LogP contribution is -2.13. The Morgan fingerprint density at radius 1 is 1.35 bits per heavy atom. The average Bonchev–Trinajstić information content (AvgIpc) is 2.76. The van der Waals surface area contributed by atoms with Gasteiger partial charge in [-0.05, 0) is 35.0 Å². The highest BCUT2D eigenvalue weighted by atomic mass is 79.9. The van der Waals surface area contributed by atoms with Crippen molar-refractivity contribution >= 4 is 15.9 Å². The predicted octanol–water partition coefficient (Wildman–Crippen LogP) is 3.49. The third-order valence-electron chi connectivity index (χ3n) is 2.48. The van der Waals surface area contributed by atoms with Gasteiger partial charge in [0.15, 0.2) is 0 Å². The first-order valence-electron chi connectivity index (χ1n) is 5.44. The smallest absolute Gasteiger partial charge is 0.139 e. The lowest BCUT2D eigenvalue weighted by molar-refractivity contribution is 0.333. The van der Waals surface area contributed by atoms with Gasteiger partial charge in [-0.1, -0.05) is 18.2 Å². The summed E-state index contributed by atoms with van der Waals surface area (Å²) in [6.45, 7) is 2.56. The van der Waals surface area contributed by atoms with E-state index in [1.807, 2.05) is 37.3 Å². The summed E-state index contributed by atoms with van der Waals surface area (Å²) in [5.41, 5.74) is 7.11. The Labute approximate surface area is 109 Å². The molecule has 1 heterocycles. The molecule has 3 nitrogen and oxygen atoms in total. The van der Waals surface area contributed by atoms with Crippen molar-refractivity contribution in [3.63, 3.8) is 0 Å². The molecule has 2 aromatic rings. The molecule has 0 aliphatic rings. The summed E-state index contributed by atoms with van der Waals surface area (Å²) < 4.78 is 11.8. The molecule has 1 unspecified atom stereocenters. The van der Waals surface area contributed by atoms with E-state index in [4.69, 9.17) is 14.9 Å². The van der Waals surface area contributed by atoms with Gasteiger partial charge in [-0.3, -0.25) is 0 Å². The zero-order chi connectivity index (χ0) is 12.3. The second-order valence-electron chi connectivity index (χ2n) is 3.58. The highest BCUT2D eigenvalue weighted by Gasteiger charge is 2.18. The molecular formula is C13H14BrNO2. The number of ether oxygens (including phenoxy) is 1. The third-order valence-corrected chi connectivity index (χ3v) is 3.14. The maximum Gasteiger partial charge on any atom is 0.139 e. The van der Waals surface area contributed by atoms with Crippen LogP contribution in [0.4, 0.5) is 0 Å². The van der Waals surface area contributed by atoms with Crippen molar-refractivity contribution in [3.8, 4) is 5.75 Å². The van der Waals surface area contributed by atoms with Crippen LogP contribution >= 0.6 is 15.9 Å². The molecule has 0 spiro atoms. The van der Waals surface area contributed by atoms with Crippen LogP contribution in [0, 0.1) is 0 Å². The summed E-state index contributed by atoms with van der Waals surface area (Å²) in [4.78, 5) is 0. The molecular weight excluding hydrogens is 282 g/mol. The van der Waals surface area contributed by atoms with Crippen LogP contribution in [0.25, 0.3) is 0 Å². The molecule has 1 aromatic carbocycles. The van der Waals surface area contributed by atoms with Gasteiger partial charge in [0.05, 0.1) is 23.4 Å². The number of rotatable bonds is 4. The van der Waals surface area contributed by atoms with Gasteiger partial charge in [-0.25, -0.2) is 0 Å². The molecule has 0 radical (unpaired) electrons. The fourth-order valence-electron chi connectivity index (χ4n) is 1.69. The normalized spacial score (nSPS) is 12.4. The van der Waals surface area contributed by atoms with Crippen LogP contribution in [0.1, 0.15) is 24.3 Å². The highest BCUT2D eigenvalue weighted by molar-refractivity contribution is 9.10. The van der Waals surface area contributed by atoms with E-state index in [1.165, 1.54) is 0 Å². The number of para-hydroxylation sites is 1. The van der Waals surface area contributed by atoms with Crippen LogP contribution in [0.3, 0.4) is 0 Å². The van der Waals surface area contributed by atoms with Gasteiger partial charge in [-0.2, -0.15) is 0 Å². The molecule has 1 aromatic heterocycles. The van der Waals surface area contributed by atoms with Crippen molar-refractivity contribution in [2.45, 2.75) is 13.0 Å². The minimum atomic E-state index is -0.331. The molecule has 1 atom stereocenters. The van der Waals surface area contributed by atoms with Crippen molar-refractivity contribution in [1.82, 2.24) is 0 Å². The molecule has 2 N–H and O–H groups in total. The molecule has 4 heteroatoms. The number of furan rings is 1. The van der Waals surface area contributed by atoms with Gasteiger partial charge in [0, 0.05) is 5.56 Å². The third kappa shape index (κ3) is 2.53. The van der Waals surface area contributed by atoms with E-state index >= 15 is 0 Å². The molecule has 0 saturated heterocycles. The molecule has 0 aliphatic carbocycles. The van der Waals surface area contributed by atoms with Crippen LogP contribution in [-0.4, -0.2) is 6.61 Å². The number of halogens is 1. The van der Waals surface area contributed by atoms with Crippen LogP contribution in [-0.2, 0) is 0 Å². The predicted molar refractivity (Wildman–Crippen MR) is 70.0 cm³/mol. The second-order valence-corrected chi connectivity index (χ2v) is 4.44. The summed E-state index contributed by atoms with van der Waals surface area (Å²) in [5.74, 6) is 1.50. The topological polar surface area (TPSA) is 48.4 Å². The summed E-state index contributed by atoms with van der Waals surface area (Å²) in [6, 6.07) is 9.23. The average molecular weight is 296 g/mol. The summed E-state index contributed by atoms with van der Waals surface area (Å²) in [5, 5.41) is 0. The zero-order valence-electron chi connectivity index (χ0n) is 9.52. The first-order valence-corrected chi connectivity index (χ1v) is 6.23. The number of nitrogens with two attached hydrogens (primary N) is 1. The summed E-state index contributed by atoms with van der Waals surface area (Å²) in [7, 11) is 0. The van der Waals surface area contributed by atoms with Gasteiger partial charge < -0.3 is 14.9 Å². The van der Waals surface area contributed by atoms with Crippen molar-refractivity contribution in [1.29, 1.82) is 0 Å². The van der Waals surface area contributed by atoms with Gasteiger partial charge in [0.2, 0.25) is 0 Å². The van der Waals surface area contributed by atoms with Crippen LogP contribution in [0.5, 0.6) is 5.75 Å². The first kappa shape index (κ1) is 12.2. The Balaban J connectivity index is 2.37.